The van der Waals surface area contributed by atoms with Crippen molar-refractivity contribution in [3.05, 3.63) is 33.4 Å². The Bertz CT molecular complexity index is 805. The fourth-order valence-corrected chi connectivity index (χ4v) is 2.67. The lowest BCUT2D eigenvalue weighted by atomic mass is 10.2. The summed E-state index contributed by atoms with van der Waals surface area (Å²) in [5, 5.41) is 19.8. The summed E-state index contributed by atoms with van der Waals surface area (Å²) in [6.45, 7) is 4.38. The highest BCUT2D eigenvalue weighted by Gasteiger charge is 2.23. The number of nitro groups is 1. The quantitative estimate of drug-likeness (QED) is 0.548. The molecule has 1 N–H and O–H groups in total. The summed E-state index contributed by atoms with van der Waals surface area (Å²) in [4.78, 5) is 19.8. The van der Waals surface area contributed by atoms with Gasteiger partial charge in [0.1, 0.15) is 6.20 Å². The SMILES string of the molecule is CC(C)c1noc(CCNc2nc3sccn3c2[N+](=O)[O-])n1. The topological polar surface area (TPSA) is 111 Å². The van der Waals surface area contributed by atoms with Crippen LogP contribution in [0.4, 0.5) is 11.6 Å². The van der Waals surface area contributed by atoms with Gasteiger partial charge in [-0.05, 0) is 4.92 Å². The third-order valence-corrected chi connectivity index (χ3v) is 3.80. The van der Waals surface area contributed by atoms with Gasteiger partial charge in [-0.3, -0.25) is 0 Å². The minimum atomic E-state index is -0.446. The van der Waals surface area contributed by atoms with Gasteiger partial charge in [0.15, 0.2) is 5.82 Å². The smallest absolute Gasteiger partial charge is 0.362 e. The zero-order chi connectivity index (χ0) is 15.7. The van der Waals surface area contributed by atoms with Gasteiger partial charge in [-0.2, -0.15) is 14.4 Å². The predicted molar refractivity (Wildman–Crippen MR) is 80.3 cm³/mol. The van der Waals surface area contributed by atoms with Gasteiger partial charge in [-0.1, -0.05) is 30.3 Å². The Morgan fingerprint density at radius 1 is 1.50 bits per heavy atom. The number of rotatable bonds is 6. The van der Waals surface area contributed by atoms with Crippen LogP contribution in [0, 0.1) is 10.1 Å². The van der Waals surface area contributed by atoms with Crippen molar-refractivity contribution < 1.29 is 9.45 Å². The highest BCUT2D eigenvalue weighted by atomic mass is 32.1. The number of nitrogens with one attached hydrogen (secondary N) is 1. The van der Waals surface area contributed by atoms with Crippen molar-refractivity contribution in [3.63, 3.8) is 0 Å². The Kier molecular flexibility index (Phi) is 3.75. The molecule has 0 unspecified atom stereocenters. The molecule has 0 atom stereocenters. The van der Waals surface area contributed by atoms with Crippen LogP contribution >= 0.6 is 11.3 Å². The minimum absolute atomic E-state index is 0.0651. The van der Waals surface area contributed by atoms with Crippen molar-refractivity contribution in [2.75, 3.05) is 11.9 Å². The van der Waals surface area contributed by atoms with Crippen LogP contribution in [0.2, 0.25) is 0 Å². The standard InChI is InChI=1S/C12H14N6O3S/c1-7(2)9-14-8(21-16-9)3-4-13-10-11(18(19)20)17-5-6-22-12(17)15-10/h5-7,13H,3-4H2,1-2H3. The molecule has 0 aliphatic heterocycles. The summed E-state index contributed by atoms with van der Waals surface area (Å²) in [7, 11) is 0. The van der Waals surface area contributed by atoms with Crippen molar-refractivity contribution in [3.8, 4) is 0 Å². The van der Waals surface area contributed by atoms with E-state index in [4.69, 9.17) is 4.52 Å². The number of hydrogen-bond acceptors (Lipinski definition) is 8. The summed E-state index contributed by atoms with van der Waals surface area (Å²) >= 11 is 1.34. The molecule has 3 rings (SSSR count). The van der Waals surface area contributed by atoms with E-state index < -0.39 is 4.92 Å². The van der Waals surface area contributed by atoms with Crippen molar-refractivity contribution in [1.29, 1.82) is 0 Å². The maximum absolute atomic E-state index is 11.2. The van der Waals surface area contributed by atoms with Gasteiger partial charge < -0.3 is 20.0 Å². The lowest BCUT2D eigenvalue weighted by Crippen LogP contribution is -2.07. The summed E-state index contributed by atoms with van der Waals surface area (Å²) in [6, 6.07) is 0. The molecule has 0 spiro atoms. The van der Waals surface area contributed by atoms with Crippen LogP contribution in [0.5, 0.6) is 0 Å². The largest absolute Gasteiger partial charge is 0.372 e. The lowest BCUT2D eigenvalue weighted by molar-refractivity contribution is -0.389. The van der Waals surface area contributed by atoms with Crippen LogP contribution < -0.4 is 5.32 Å². The minimum Gasteiger partial charge on any atom is -0.362 e. The number of hydrogen-bond donors (Lipinski definition) is 1. The molecule has 10 heteroatoms. The van der Waals surface area contributed by atoms with Crippen LogP contribution in [-0.2, 0) is 6.42 Å². The molecule has 0 radical (unpaired) electrons. The number of anilines is 1. The Labute approximate surface area is 129 Å². The van der Waals surface area contributed by atoms with Gasteiger partial charge in [-0.15, -0.1) is 0 Å². The van der Waals surface area contributed by atoms with E-state index in [-0.39, 0.29) is 17.6 Å². The first-order valence-electron chi connectivity index (χ1n) is 6.72. The van der Waals surface area contributed by atoms with Crippen molar-refractivity contribution in [1.82, 2.24) is 19.5 Å². The van der Waals surface area contributed by atoms with Crippen LogP contribution in [0.3, 0.4) is 0 Å². The average molecular weight is 322 g/mol. The van der Waals surface area contributed by atoms with Crippen LogP contribution in [-0.4, -0.2) is 31.0 Å². The van der Waals surface area contributed by atoms with Crippen LogP contribution in [0.15, 0.2) is 16.1 Å². The highest BCUT2D eigenvalue weighted by Crippen LogP contribution is 2.27. The first-order chi connectivity index (χ1) is 10.6. The van der Waals surface area contributed by atoms with Gasteiger partial charge in [-0.25, -0.2) is 0 Å². The summed E-state index contributed by atoms with van der Waals surface area (Å²) in [5.41, 5.74) is 0. The lowest BCUT2D eigenvalue weighted by Gasteiger charge is -2.00. The molecule has 0 fully saturated rings. The van der Waals surface area contributed by atoms with Crippen molar-refractivity contribution >= 4 is 27.9 Å². The second-order valence-corrected chi connectivity index (χ2v) is 5.85. The van der Waals surface area contributed by atoms with Gasteiger partial charge in [0.2, 0.25) is 11.7 Å². The molecule has 22 heavy (non-hydrogen) atoms. The van der Waals surface area contributed by atoms with E-state index in [0.717, 1.165) is 0 Å². The average Bonchev–Trinajstić information content (AvgIpc) is 3.12. The molecule has 0 saturated heterocycles. The summed E-state index contributed by atoms with van der Waals surface area (Å²) in [5.74, 6) is 1.54. The molecule has 0 saturated carbocycles. The Balaban J connectivity index is 1.69. The van der Waals surface area contributed by atoms with Crippen molar-refractivity contribution in [2.24, 2.45) is 0 Å². The number of fused-ring (bicyclic) bond motifs is 1. The number of nitrogens with zero attached hydrogens (tertiary/aromatic N) is 5. The van der Waals surface area contributed by atoms with E-state index in [1.165, 1.54) is 15.7 Å². The normalized spacial score (nSPS) is 11.4. The molecule has 3 aromatic rings. The first kappa shape index (κ1) is 14.4. The number of imidazole rings is 1. The highest BCUT2D eigenvalue weighted by molar-refractivity contribution is 7.15. The maximum atomic E-state index is 11.2. The molecule has 0 amide bonds. The number of aromatic nitrogens is 4. The Morgan fingerprint density at radius 2 is 2.32 bits per heavy atom. The molecule has 9 nitrogen and oxygen atoms in total. The first-order valence-corrected chi connectivity index (χ1v) is 7.60. The van der Waals surface area contributed by atoms with E-state index >= 15 is 0 Å². The predicted octanol–water partition coefficient (Wildman–Crippen LogP) is 2.46. The summed E-state index contributed by atoms with van der Waals surface area (Å²) in [6.07, 6.45) is 2.10. The zero-order valence-electron chi connectivity index (χ0n) is 12.0. The van der Waals surface area contributed by atoms with Gasteiger partial charge in [0, 0.05) is 24.3 Å². The molecule has 3 heterocycles. The second kappa shape index (κ2) is 5.72. The van der Waals surface area contributed by atoms with Crippen LogP contribution in [0.1, 0.15) is 31.5 Å². The Hall–Kier alpha value is -2.49. The third-order valence-electron chi connectivity index (χ3n) is 3.04. The Morgan fingerprint density at radius 3 is 3.00 bits per heavy atom. The fourth-order valence-electron chi connectivity index (χ4n) is 1.96. The van der Waals surface area contributed by atoms with Crippen LogP contribution in [0.25, 0.3) is 4.96 Å². The van der Waals surface area contributed by atoms with E-state index in [1.807, 2.05) is 13.8 Å². The maximum Gasteiger partial charge on any atom is 0.372 e. The molecular weight excluding hydrogens is 308 g/mol. The van der Waals surface area contributed by atoms with E-state index in [0.29, 0.717) is 29.6 Å². The molecule has 0 aliphatic rings. The second-order valence-electron chi connectivity index (χ2n) is 4.97. The summed E-state index contributed by atoms with van der Waals surface area (Å²) < 4.78 is 6.58. The van der Waals surface area contributed by atoms with Gasteiger partial charge in [0.05, 0.1) is 0 Å². The molecule has 0 aliphatic carbocycles. The van der Waals surface area contributed by atoms with E-state index in [2.05, 4.69) is 20.4 Å². The van der Waals surface area contributed by atoms with E-state index in [1.54, 1.807) is 11.6 Å². The van der Waals surface area contributed by atoms with Crippen molar-refractivity contribution in [2.45, 2.75) is 26.2 Å². The molecule has 116 valence electrons. The fraction of sp³-hybridized carbons (Fsp3) is 0.417. The molecular formula is C12H14N6O3S. The molecule has 3 aromatic heterocycles. The molecule has 0 bridgehead atoms. The monoisotopic (exact) mass is 322 g/mol. The third kappa shape index (κ3) is 2.64. The zero-order valence-corrected chi connectivity index (χ0v) is 12.8. The van der Waals surface area contributed by atoms with E-state index in [9.17, 15) is 10.1 Å². The van der Waals surface area contributed by atoms with Gasteiger partial charge >= 0.3 is 5.82 Å². The van der Waals surface area contributed by atoms with Gasteiger partial charge in [0.25, 0.3) is 4.96 Å². The number of thiazole rings is 1. The molecule has 0 aromatic carbocycles.